The highest BCUT2D eigenvalue weighted by Gasteiger charge is 2.33. The summed E-state index contributed by atoms with van der Waals surface area (Å²) in [5, 5.41) is 0.536. The third-order valence-electron chi connectivity index (χ3n) is 3.43. The van der Waals surface area contributed by atoms with E-state index < -0.39 is 10.0 Å². The van der Waals surface area contributed by atoms with Crippen molar-refractivity contribution in [1.29, 1.82) is 0 Å². The molecular formula is C13H16Cl3NO2S. The number of benzene rings is 1. The van der Waals surface area contributed by atoms with Crippen LogP contribution in [0.1, 0.15) is 20.3 Å². The monoisotopic (exact) mass is 355 g/mol. The lowest BCUT2D eigenvalue weighted by atomic mass is 9.94. The smallest absolute Gasteiger partial charge is 0.207 e. The van der Waals surface area contributed by atoms with Crippen LogP contribution in [-0.2, 0) is 10.0 Å². The van der Waals surface area contributed by atoms with Crippen LogP contribution in [0.15, 0.2) is 17.0 Å². The van der Waals surface area contributed by atoms with E-state index in [9.17, 15) is 8.42 Å². The van der Waals surface area contributed by atoms with Crippen LogP contribution in [0.2, 0.25) is 15.1 Å². The Kier molecular flexibility index (Phi) is 4.92. The normalized spacial score (nSPS) is 24.9. The number of sulfonamides is 1. The molecule has 1 saturated heterocycles. The highest BCUT2D eigenvalue weighted by Crippen LogP contribution is 2.35. The van der Waals surface area contributed by atoms with Crippen LogP contribution >= 0.6 is 34.8 Å². The number of hydrogen-bond donors (Lipinski definition) is 0. The largest absolute Gasteiger partial charge is 0.244 e. The fourth-order valence-corrected chi connectivity index (χ4v) is 5.30. The lowest BCUT2D eigenvalue weighted by Crippen LogP contribution is -2.42. The highest BCUT2D eigenvalue weighted by molar-refractivity contribution is 7.89. The number of rotatable bonds is 2. The Hall–Kier alpha value is -0.000000000000000111. The Morgan fingerprint density at radius 2 is 1.50 bits per heavy atom. The molecule has 2 atom stereocenters. The molecule has 0 aromatic heterocycles. The summed E-state index contributed by atoms with van der Waals surface area (Å²) in [5.41, 5.74) is 0. The van der Waals surface area contributed by atoms with Gasteiger partial charge in [-0.15, -0.1) is 0 Å². The first kappa shape index (κ1) is 16.4. The van der Waals surface area contributed by atoms with E-state index in [1.807, 2.05) is 0 Å². The summed E-state index contributed by atoms with van der Waals surface area (Å²) in [6, 6.07) is 2.70. The van der Waals surface area contributed by atoms with E-state index in [0.29, 0.717) is 24.9 Å². The van der Waals surface area contributed by atoms with Crippen LogP contribution in [0, 0.1) is 11.8 Å². The molecule has 0 amide bonds. The molecule has 1 aliphatic rings. The molecule has 1 aromatic carbocycles. The summed E-state index contributed by atoms with van der Waals surface area (Å²) in [6.45, 7) is 5.11. The van der Waals surface area contributed by atoms with Gasteiger partial charge in [-0.3, -0.25) is 0 Å². The van der Waals surface area contributed by atoms with Gasteiger partial charge >= 0.3 is 0 Å². The zero-order chi connectivity index (χ0) is 15.1. The SMILES string of the molecule is C[C@H]1C[C@H](C)CN(S(=O)(=O)c2cc(Cl)c(Cl)cc2Cl)C1. The Bertz CT molecular complexity index is 608. The highest BCUT2D eigenvalue weighted by atomic mass is 35.5. The van der Waals surface area contributed by atoms with Crippen molar-refractivity contribution in [2.24, 2.45) is 11.8 Å². The van der Waals surface area contributed by atoms with Gasteiger partial charge in [0.15, 0.2) is 0 Å². The van der Waals surface area contributed by atoms with Crippen LogP contribution in [0.5, 0.6) is 0 Å². The first-order valence-corrected chi connectivity index (χ1v) is 8.94. The quantitative estimate of drug-likeness (QED) is 0.740. The van der Waals surface area contributed by atoms with Crippen molar-refractivity contribution in [2.45, 2.75) is 25.2 Å². The summed E-state index contributed by atoms with van der Waals surface area (Å²) < 4.78 is 26.9. The topological polar surface area (TPSA) is 37.4 Å². The summed E-state index contributed by atoms with van der Waals surface area (Å²) >= 11 is 17.8. The van der Waals surface area contributed by atoms with Gasteiger partial charge in [0.1, 0.15) is 4.90 Å². The lowest BCUT2D eigenvalue weighted by Gasteiger charge is -2.34. The van der Waals surface area contributed by atoms with Gasteiger partial charge in [0.25, 0.3) is 0 Å². The minimum Gasteiger partial charge on any atom is -0.207 e. The summed E-state index contributed by atoms with van der Waals surface area (Å²) in [5.74, 6) is 0.658. The Labute approximate surface area is 134 Å². The molecule has 1 heterocycles. The molecule has 1 aromatic rings. The number of halogens is 3. The van der Waals surface area contributed by atoms with Crippen molar-refractivity contribution in [3.8, 4) is 0 Å². The van der Waals surface area contributed by atoms with Gasteiger partial charge in [-0.1, -0.05) is 48.7 Å². The average molecular weight is 357 g/mol. The fraction of sp³-hybridized carbons (Fsp3) is 0.538. The molecule has 112 valence electrons. The molecule has 0 spiro atoms. The molecule has 0 unspecified atom stereocenters. The molecular weight excluding hydrogens is 341 g/mol. The van der Waals surface area contributed by atoms with Crippen molar-refractivity contribution in [3.63, 3.8) is 0 Å². The Balaban J connectivity index is 2.42. The number of piperidine rings is 1. The van der Waals surface area contributed by atoms with Crippen molar-refractivity contribution in [1.82, 2.24) is 4.31 Å². The zero-order valence-corrected chi connectivity index (χ0v) is 14.3. The maximum atomic E-state index is 12.7. The lowest BCUT2D eigenvalue weighted by molar-refractivity contribution is 0.222. The molecule has 0 radical (unpaired) electrons. The van der Waals surface area contributed by atoms with Gasteiger partial charge in [0.2, 0.25) is 10.0 Å². The molecule has 20 heavy (non-hydrogen) atoms. The van der Waals surface area contributed by atoms with E-state index in [1.54, 1.807) is 0 Å². The third-order valence-corrected chi connectivity index (χ3v) is 6.45. The molecule has 2 rings (SSSR count). The summed E-state index contributed by atoms with van der Waals surface area (Å²) in [7, 11) is -3.64. The van der Waals surface area contributed by atoms with E-state index in [0.717, 1.165) is 6.42 Å². The van der Waals surface area contributed by atoms with Gasteiger partial charge in [0, 0.05) is 13.1 Å². The molecule has 0 saturated carbocycles. The molecule has 1 fully saturated rings. The predicted octanol–water partition coefficient (Wildman–Crippen LogP) is 4.31. The predicted molar refractivity (Wildman–Crippen MR) is 83.2 cm³/mol. The maximum absolute atomic E-state index is 12.7. The second-order valence-corrected chi connectivity index (χ2v) is 8.59. The molecule has 7 heteroatoms. The minimum absolute atomic E-state index is 0.0230. The maximum Gasteiger partial charge on any atom is 0.244 e. The summed E-state index contributed by atoms with van der Waals surface area (Å²) in [4.78, 5) is 0.0230. The fourth-order valence-electron chi connectivity index (χ4n) is 2.64. The Morgan fingerprint density at radius 1 is 1.00 bits per heavy atom. The van der Waals surface area contributed by atoms with Crippen molar-refractivity contribution in [3.05, 3.63) is 27.2 Å². The van der Waals surface area contributed by atoms with E-state index in [1.165, 1.54) is 16.4 Å². The van der Waals surface area contributed by atoms with E-state index in [4.69, 9.17) is 34.8 Å². The van der Waals surface area contributed by atoms with Crippen LogP contribution in [0.3, 0.4) is 0 Å². The van der Waals surface area contributed by atoms with Crippen LogP contribution in [0.4, 0.5) is 0 Å². The standard InChI is InChI=1S/C13H16Cl3NO2S/c1-8-3-9(2)7-17(6-8)20(18,19)13-5-11(15)10(14)4-12(13)16/h4-5,8-9H,3,6-7H2,1-2H3/t8-,9-/m0/s1. The molecule has 3 nitrogen and oxygen atoms in total. The van der Waals surface area contributed by atoms with Crippen LogP contribution in [-0.4, -0.2) is 25.8 Å². The van der Waals surface area contributed by atoms with Gasteiger partial charge in [0.05, 0.1) is 15.1 Å². The van der Waals surface area contributed by atoms with Crippen molar-refractivity contribution < 1.29 is 8.42 Å². The third kappa shape index (κ3) is 3.25. The molecule has 0 bridgehead atoms. The van der Waals surface area contributed by atoms with Crippen LogP contribution in [0.25, 0.3) is 0 Å². The second kappa shape index (κ2) is 6.01. The van der Waals surface area contributed by atoms with Crippen LogP contribution < -0.4 is 0 Å². The average Bonchev–Trinajstić information content (AvgIpc) is 2.32. The van der Waals surface area contributed by atoms with Crippen molar-refractivity contribution >= 4 is 44.8 Å². The first-order chi connectivity index (χ1) is 9.21. The molecule has 0 aliphatic carbocycles. The van der Waals surface area contributed by atoms with Gasteiger partial charge in [-0.25, -0.2) is 8.42 Å². The van der Waals surface area contributed by atoms with E-state index >= 15 is 0 Å². The minimum atomic E-state index is -3.64. The molecule has 0 N–H and O–H groups in total. The summed E-state index contributed by atoms with van der Waals surface area (Å²) in [6.07, 6.45) is 1.03. The van der Waals surface area contributed by atoms with Crippen molar-refractivity contribution in [2.75, 3.05) is 13.1 Å². The van der Waals surface area contributed by atoms with Gasteiger partial charge in [-0.05, 0) is 30.4 Å². The van der Waals surface area contributed by atoms with E-state index in [2.05, 4.69) is 13.8 Å². The number of nitrogens with zero attached hydrogens (tertiary/aromatic N) is 1. The van der Waals surface area contributed by atoms with Gasteiger partial charge < -0.3 is 0 Å². The second-order valence-electron chi connectivity index (χ2n) is 5.46. The molecule has 1 aliphatic heterocycles. The van der Waals surface area contributed by atoms with Gasteiger partial charge in [-0.2, -0.15) is 4.31 Å². The van der Waals surface area contributed by atoms with E-state index in [-0.39, 0.29) is 20.0 Å². The zero-order valence-electron chi connectivity index (χ0n) is 11.2. The number of hydrogen-bond acceptors (Lipinski definition) is 2. The first-order valence-electron chi connectivity index (χ1n) is 6.36. The Morgan fingerprint density at radius 3 is 2.05 bits per heavy atom.